The Labute approximate surface area is 186 Å². The number of para-hydroxylation sites is 2. The molecule has 0 saturated carbocycles. The molecule has 0 aliphatic heterocycles. The molecular formula is C24H17FN8. The second-order valence-electron chi connectivity index (χ2n) is 7.46. The molecule has 6 aromatic rings. The summed E-state index contributed by atoms with van der Waals surface area (Å²) in [6.45, 7) is 0. The van der Waals surface area contributed by atoms with E-state index >= 15 is 0 Å². The molecule has 0 radical (unpaired) electrons. The number of anilines is 4. The Morgan fingerprint density at radius 3 is 2.33 bits per heavy atom. The fourth-order valence-corrected chi connectivity index (χ4v) is 3.59. The highest BCUT2D eigenvalue weighted by atomic mass is 19.1. The molecule has 0 spiro atoms. The van der Waals surface area contributed by atoms with E-state index in [1.54, 1.807) is 18.3 Å². The van der Waals surface area contributed by atoms with E-state index in [1.165, 1.54) is 12.1 Å². The first kappa shape index (κ1) is 18.9. The van der Waals surface area contributed by atoms with Gasteiger partial charge >= 0.3 is 0 Å². The topological polar surface area (TPSA) is 107 Å². The molecule has 3 aromatic heterocycles. The minimum absolute atomic E-state index is 0.307. The monoisotopic (exact) mass is 436 g/mol. The summed E-state index contributed by atoms with van der Waals surface area (Å²) < 4.78 is 13.2. The largest absolute Gasteiger partial charge is 0.339 e. The van der Waals surface area contributed by atoms with Gasteiger partial charge in [0, 0.05) is 16.9 Å². The molecule has 0 atom stereocenters. The van der Waals surface area contributed by atoms with Crippen LogP contribution in [0.4, 0.5) is 27.5 Å². The Kier molecular flexibility index (Phi) is 4.43. The average Bonchev–Trinajstić information content (AvgIpc) is 3.48. The lowest BCUT2D eigenvalue weighted by atomic mass is 10.2. The zero-order valence-corrected chi connectivity index (χ0v) is 17.2. The van der Waals surface area contributed by atoms with Gasteiger partial charge in [-0.3, -0.25) is 5.10 Å². The van der Waals surface area contributed by atoms with Crippen molar-refractivity contribution in [2.45, 2.75) is 0 Å². The van der Waals surface area contributed by atoms with E-state index in [0.29, 0.717) is 23.1 Å². The highest BCUT2D eigenvalue weighted by molar-refractivity contribution is 5.89. The normalized spacial score (nSPS) is 11.2. The molecule has 8 nitrogen and oxygen atoms in total. The maximum Gasteiger partial charge on any atom is 0.231 e. The van der Waals surface area contributed by atoms with Crippen LogP contribution in [0.1, 0.15) is 0 Å². The molecule has 0 fully saturated rings. The van der Waals surface area contributed by atoms with Gasteiger partial charge in [0.25, 0.3) is 0 Å². The molecule has 4 N–H and O–H groups in total. The SMILES string of the molecule is Fc1ccc(Nc2nc(Nc3ccc(-c4nc5ccccc5[nH]4)cc3)c3cn[nH]c3n2)cc1. The van der Waals surface area contributed by atoms with Crippen LogP contribution in [0.25, 0.3) is 33.5 Å². The summed E-state index contributed by atoms with van der Waals surface area (Å²) in [7, 11) is 0. The molecule has 0 aliphatic rings. The minimum atomic E-state index is -0.307. The fourth-order valence-electron chi connectivity index (χ4n) is 3.59. The summed E-state index contributed by atoms with van der Waals surface area (Å²) in [5.41, 5.74) is 5.02. The molecule has 0 amide bonds. The lowest BCUT2D eigenvalue weighted by Crippen LogP contribution is -2.02. The number of hydrogen-bond donors (Lipinski definition) is 4. The Hall–Kier alpha value is -4.79. The lowest BCUT2D eigenvalue weighted by molar-refractivity contribution is 0.628. The summed E-state index contributed by atoms with van der Waals surface area (Å²) in [6, 6.07) is 21.8. The number of imidazole rings is 1. The molecule has 3 heterocycles. The molecule has 160 valence electrons. The number of halogens is 1. The van der Waals surface area contributed by atoms with Crippen molar-refractivity contribution in [1.82, 2.24) is 30.1 Å². The predicted molar refractivity (Wildman–Crippen MR) is 126 cm³/mol. The molecule has 3 aromatic carbocycles. The molecule has 33 heavy (non-hydrogen) atoms. The van der Waals surface area contributed by atoms with Crippen molar-refractivity contribution >= 4 is 45.2 Å². The Balaban J connectivity index is 1.28. The quantitative estimate of drug-likeness (QED) is 0.283. The number of nitrogens with zero attached hydrogens (tertiary/aromatic N) is 4. The third-order valence-electron chi connectivity index (χ3n) is 5.22. The maximum absolute atomic E-state index is 13.2. The number of fused-ring (bicyclic) bond motifs is 2. The number of hydrogen-bond acceptors (Lipinski definition) is 6. The molecule has 0 bridgehead atoms. The van der Waals surface area contributed by atoms with Gasteiger partial charge in [-0.05, 0) is 60.7 Å². The van der Waals surface area contributed by atoms with Crippen molar-refractivity contribution in [2.75, 3.05) is 10.6 Å². The predicted octanol–water partition coefficient (Wildman–Crippen LogP) is 5.52. The van der Waals surface area contributed by atoms with Gasteiger partial charge < -0.3 is 15.6 Å². The van der Waals surface area contributed by atoms with Crippen molar-refractivity contribution < 1.29 is 4.39 Å². The van der Waals surface area contributed by atoms with E-state index in [1.807, 2.05) is 48.5 Å². The van der Waals surface area contributed by atoms with Gasteiger partial charge in [-0.1, -0.05) is 12.1 Å². The van der Waals surface area contributed by atoms with Crippen molar-refractivity contribution in [3.63, 3.8) is 0 Å². The van der Waals surface area contributed by atoms with Crippen LogP contribution in [0.2, 0.25) is 0 Å². The Morgan fingerprint density at radius 2 is 1.52 bits per heavy atom. The number of benzene rings is 3. The van der Waals surface area contributed by atoms with Crippen LogP contribution in [0, 0.1) is 5.82 Å². The zero-order valence-electron chi connectivity index (χ0n) is 17.2. The fraction of sp³-hybridized carbons (Fsp3) is 0. The highest BCUT2D eigenvalue weighted by Gasteiger charge is 2.11. The van der Waals surface area contributed by atoms with Crippen LogP contribution in [0.15, 0.2) is 79.0 Å². The van der Waals surface area contributed by atoms with Crippen LogP contribution in [0.5, 0.6) is 0 Å². The standard InChI is InChI=1S/C24H17FN8/c25-15-7-11-17(12-8-15)28-24-31-22(18-13-26-33-23(18)32-24)27-16-9-5-14(6-10-16)21-29-19-3-1-2-4-20(19)30-21/h1-13H,(H,29,30)(H3,26,27,28,31,32,33). The molecule has 0 aliphatic carbocycles. The van der Waals surface area contributed by atoms with E-state index in [-0.39, 0.29) is 5.82 Å². The average molecular weight is 436 g/mol. The van der Waals surface area contributed by atoms with Crippen LogP contribution in [-0.2, 0) is 0 Å². The zero-order chi connectivity index (χ0) is 22.2. The number of H-pyrrole nitrogens is 2. The summed E-state index contributed by atoms with van der Waals surface area (Å²) in [5.74, 6) is 1.46. The van der Waals surface area contributed by atoms with Crippen molar-refractivity contribution in [3.05, 3.63) is 84.8 Å². The number of aromatic nitrogens is 6. The first-order valence-electron chi connectivity index (χ1n) is 10.3. The van der Waals surface area contributed by atoms with Gasteiger partial charge in [-0.15, -0.1) is 0 Å². The molecule has 9 heteroatoms. The van der Waals surface area contributed by atoms with Crippen molar-refractivity contribution in [2.24, 2.45) is 0 Å². The number of rotatable bonds is 5. The van der Waals surface area contributed by atoms with Gasteiger partial charge in [-0.25, -0.2) is 9.37 Å². The van der Waals surface area contributed by atoms with E-state index in [4.69, 9.17) is 0 Å². The Morgan fingerprint density at radius 1 is 0.758 bits per heavy atom. The molecular weight excluding hydrogens is 419 g/mol. The summed E-state index contributed by atoms with van der Waals surface area (Å²) >= 11 is 0. The van der Waals surface area contributed by atoms with Gasteiger partial charge in [0.05, 0.1) is 22.6 Å². The smallest absolute Gasteiger partial charge is 0.231 e. The first-order valence-corrected chi connectivity index (χ1v) is 10.3. The van der Waals surface area contributed by atoms with Gasteiger partial charge in [0.1, 0.15) is 17.5 Å². The minimum Gasteiger partial charge on any atom is -0.339 e. The van der Waals surface area contributed by atoms with Crippen LogP contribution in [-0.4, -0.2) is 30.1 Å². The Bertz CT molecular complexity index is 1540. The van der Waals surface area contributed by atoms with E-state index < -0.39 is 0 Å². The number of nitrogens with one attached hydrogen (secondary N) is 4. The van der Waals surface area contributed by atoms with E-state index in [0.717, 1.165) is 33.5 Å². The second-order valence-corrected chi connectivity index (χ2v) is 7.46. The maximum atomic E-state index is 13.2. The number of aromatic amines is 2. The molecule has 0 saturated heterocycles. The highest BCUT2D eigenvalue weighted by Crippen LogP contribution is 2.27. The lowest BCUT2D eigenvalue weighted by Gasteiger charge is -2.10. The summed E-state index contributed by atoms with van der Waals surface area (Å²) in [6.07, 6.45) is 1.67. The molecule has 6 rings (SSSR count). The molecule has 0 unspecified atom stereocenters. The van der Waals surface area contributed by atoms with Gasteiger partial charge in [0.15, 0.2) is 5.65 Å². The third-order valence-corrected chi connectivity index (χ3v) is 5.22. The van der Waals surface area contributed by atoms with Crippen molar-refractivity contribution in [3.8, 4) is 11.4 Å². The first-order chi connectivity index (χ1) is 16.2. The second kappa shape index (κ2) is 7.72. The van der Waals surface area contributed by atoms with Gasteiger partial charge in [0.2, 0.25) is 5.95 Å². The van der Waals surface area contributed by atoms with Crippen LogP contribution >= 0.6 is 0 Å². The van der Waals surface area contributed by atoms with E-state index in [2.05, 4.69) is 40.8 Å². The van der Waals surface area contributed by atoms with Crippen LogP contribution < -0.4 is 10.6 Å². The summed E-state index contributed by atoms with van der Waals surface area (Å²) in [4.78, 5) is 17.0. The van der Waals surface area contributed by atoms with Gasteiger partial charge in [-0.2, -0.15) is 15.1 Å². The van der Waals surface area contributed by atoms with E-state index in [9.17, 15) is 4.39 Å². The summed E-state index contributed by atoms with van der Waals surface area (Å²) in [5, 5.41) is 14.1. The van der Waals surface area contributed by atoms with Crippen molar-refractivity contribution in [1.29, 1.82) is 0 Å². The van der Waals surface area contributed by atoms with Crippen LogP contribution in [0.3, 0.4) is 0 Å². The third kappa shape index (κ3) is 3.72.